The monoisotopic (exact) mass is 218 g/mol. The molecule has 1 rings (SSSR count). The maximum Gasteiger partial charge on any atom is 0.257 e. The Hall–Kier alpha value is -1.56. The van der Waals surface area contributed by atoms with E-state index < -0.39 is 28.9 Å². The molecule has 1 aromatic carbocycles. The zero-order valence-corrected chi connectivity index (χ0v) is 7.69. The third-order valence-electron chi connectivity index (χ3n) is 1.66. The summed E-state index contributed by atoms with van der Waals surface area (Å²) in [5, 5.41) is 2.18. The third-order valence-corrected chi connectivity index (χ3v) is 1.66. The van der Waals surface area contributed by atoms with E-state index in [9.17, 15) is 18.0 Å². The fraction of sp³-hybridized carbons (Fsp3) is 0.222. The average Bonchev–Trinajstić information content (AvgIpc) is 2.12. The fourth-order valence-corrected chi connectivity index (χ4v) is 1.03. The molecule has 0 saturated heterocycles. The molecule has 0 atom stereocenters. The molecule has 0 unspecified atom stereocenters. The summed E-state index contributed by atoms with van der Waals surface area (Å²) >= 11 is 0. The molecular formula is C9H9F3N2O. The summed E-state index contributed by atoms with van der Waals surface area (Å²) in [5.41, 5.74) is 4.29. The minimum absolute atomic E-state index is 0.0924. The summed E-state index contributed by atoms with van der Waals surface area (Å²) in [5.74, 6) is -4.49. The number of amides is 1. The highest BCUT2D eigenvalue weighted by molar-refractivity contribution is 5.94. The van der Waals surface area contributed by atoms with Crippen LogP contribution in [0.4, 0.5) is 13.2 Å². The summed E-state index contributed by atoms with van der Waals surface area (Å²) in [4.78, 5) is 11.2. The lowest BCUT2D eigenvalue weighted by atomic mass is 10.2. The van der Waals surface area contributed by atoms with Gasteiger partial charge in [0.05, 0.1) is 0 Å². The van der Waals surface area contributed by atoms with Crippen molar-refractivity contribution in [1.29, 1.82) is 0 Å². The van der Waals surface area contributed by atoms with Crippen LogP contribution in [0.3, 0.4) is 0 Å². The molecule has 0 aliphatic carbocycles. The van der Waals surface area contributed by atoms with Gasteiger partial charge in [-0.3, -0.25) is 4.79 Å². The zero-order chi connectivity index (χ0) is 11.4. The summed E-state index contributed by atoms with van der Waals surface area (Å²) in [6.07, 6.45) is 0. The van der Waals surface area contributed by atoms with Crippen LogP contribution < -0.4 is 11.1 Å². The Morgan fingerprint density at radius 2 is 1.80 bits per heavy atom. The largest absolute Gasteiger partial charge is 0.351 e. The van der Waals surface area contributed by atoms with Crippen LogP contribution in [0.5, 0.6) is 0 Å². The molecule has 6 heteroatoms. The van der Waals surface area contributed by atoms with Crippen LogP contribution in [0, 0.1) is 17.5 Å². The van der Waals surface area contributed by atoms with E-state index in [0.29, 0.717) is 12.1 Å². The molecule has 3 nitrogen and oxygen atoms in total. The molecule has 0 aromatic heterocycles. The number of halogens is 3. The number of hydrogen-bond acceptors (Lipinski definition) is 2. The van der Waals surface area contributed by atoms with Crippen LogP contribution in [0.15, 0.2) is 12.1 Å². The van der Waals surface area contributed by atoms with Gasteiger partial charge in [0.1, 0.15) is 23.0 Å². The van der Waals surface area contributed by atoms with Crippen molar-refractivity contribution in [3.63, 3.8) is 0 Å². The molecule has 1 aromatic rings. The highest BCUT2D eigenvalue weighted by atomic mass is 19.1. The average molecular weight is 218 g/mol. The van der Waals surface area contributed by atoms with Crippen molar-refractivity contribution in [3.05, 3.63) is 35.1 Å². The molecule has 3 N–H and O–H groups in total. The van der Waals surface area contributed by atoms with Gasteiger partial charge in [-0.1, -0.05) is 0 Å². The van der Waals surface area contributed by atoms with Gasteiger partial charge in [-0.05, 0) is 0 Å². The van der Waals surface area contributed by atoms with Gasteiger partial charge in [0, 0.05) is 25.2 Å². The Morgan fingerprint density at radius 1 is 1.27 bits per heavy atom. The molecule has 0 heterocycles. The first kappa shape index (κ1) is 11.5. The first-order valence-electron chi connectivity index (χ1n) is 4.19. The molecule has 0 bridgehead atoms. The van der Waals surface area contributed by atoms with Gasteiger partial charge < -0.3 is 11.1 Å². The van der Waals surface area contributed by atoms with Crippen LogP contribution in [0.25, 0.3) is 0 Å². The lowest BCUT2D eigenvalue weighted by Gasteiger charge is -2.05. The van der Waals surface area contributed by atoms with Crippen molar-refractivity contribution in [1.82, 2.24) is 5.32 Å². The number of nitrogens with two attached hydrogens (primary N) is 1. The quantitative estimate of drug-likeness (QED) is 0.788. The summed E-state index contributed by atoms with van der Waals surface area (Å²) < 4.78 is 38.5. The molecule has 1 amide bonds. The third kappa shape index (κ3) is 2.69. The molecule has 0 saturated carbocycles. The Kier molecular flexibility index (Phi) is 3.68. The first-order chi connectivity index (χ1) is 7.06. The van der Waals surface area contributed by atoms with E-state index in [-0.39, 0.29) is 13.1 Å². The van der Waals surface area contributed by atoms with E-state index in [1.54, 1.807) is 0 Å². The minimum atomic E-state index is -1.23. The van der Waals surface area contributed by atoms with E-state index in [1.165, 1.54) is 0 Å². The SMILES string of the molecule is NCCNC(=O)c1c(F)cc(F)cc1F. The van der Waals surface area contributed by atoms with Crippen LogP contribution in [-0.2, 0) is 0 Å². The Balaban J connectivity index is 2.98. The number of nitrogens with one attached hydrogen (secondary N) is 1. The predicted molar refractivity (Wildman–Crippen MR) is 47.7 cm³/mol. The second-order valence-corrected chi connectivity index (χ2v) is 2.79. The number of rotatable bonds is 3. The van der Waals surface area contributed by atoms with E-state index in [4.69, 9.17) is 5.73 Å². The van der Waals surface area contributed by atoms with Gasteiger partial charge in [0.25, 0.3) is 5.91 Å². The highest BCUT2D eigenvalue weighted by Crippen LogP contribution is 2.14. The highest BCUT2D eigenvalue weighted by Gasteiger charge is 2.18. The van der Waals surface area contributed by atoms with E-state index >= 15 is 0 Å². The normalized spacial score (nSPS) is 10.1. The van der Waals surface area contributed by atoms with Gasteiger partial charge in [0.2, 0.25) is 0 Å². The van der Waals surface area contributed by atoms with Crippen molar-refractivity contribution in [3.8, 4) is 0 Å². The van der Waals surface area contributed by atoms with Crippen molar-refractivity contribution >= 4 is 5.91 Å². The van der Waals surface area contributed by atoms with Crippen molar-refractivity contribution in [2.75, 3.05) is 13.1 Å². The molecule has 82 valence electrons. The van der Waals surface area contributed by atoms with Crippen LogP contribution in [-0.4, -0.2) is 19.0 Å². The van der Waals surface area contributed by atoms with Crippen molar-refractivity contribution in [2.24, 2.45) is 5.73 Å². The van der Waals surface area contributed by atoms with E-state index in [0.717, 1.165) is 0 Å². The maximum atomic E-state index is 13.0. The molecule has 0 aliphatic rings. The molecule has 0 spiro atoms. The Labute approximate surface area is 84.1 Å². The summed E-state index contributed by atoms with van der Waals surface area (Å²) in [6, 6.07) is 0.890. The van der Waals surface area contributed by atoms with Gasteiger partial charge >= 0.3 is 0 Å². The predicted octanol–water partition coefficient (Wildman–Crippen LogP) is 0.792. The lowest BCUT2D eigenvalue weighted by Crippen LogP contribution is -2.30. The van der Waals surface area contributed by atoms with Crippen molar-refractivity contribution < 1.29 is 18.0 Å². The standard InChI is InChI=1S/C9H9F3N2O/c10-5-3-6(11)8(7(12)4-5)9(15)14-2-1-13/h3-4H,1-2,13H2,(H,14,15). The fourth-order valence-electron chi connectivity index (χ4n) is 1.03. The zero-order valence-electron chi connectivity index (χ0n) is 7.69. The molecule has 0 fully saturated rings. The topological polar surface area (TPSA) is 55.1 Å². The van der Waals surface area contributed by atoms with Crippen LogP contribution in [0.2, 0.25) is 0 Å². The smallest absolute Gasteiger partial charge is 0.257 e. The number of carbonyl (C=O) groups is 1. The Bertz CT molecular complexity index is 359. The van der Waals surface area contributed by atoms with Gasteiger partial charge in [-0.15, -0.1) is 0 Å². The maximum absolute atomic E-state index is 13.0. The summed E-state index contributed by atoms with van der Waals surface area (Å²) in [6.45, 7) is 0.241. The number of hydrogen-bond donors (Lipinski definition) is 2. The second-order valence-electron chi connectivity index (χ2n) is 2.79. The molecule has 0 aliphatic heterocycles. The first-order valence-corrected chi connectivity index (χ1v) is 4.19. The van der Waals surface area contributed by atoms with E-state index in [2.05, 4.69) is 5.32 Å². The van der Waals surface area contributed by atoms with Crippen LogP contribution >= 0.6 is 0 Å². The summed E-state index contributed by atoms with van der Waals surface area (Å²) in [7, 11) is 0. The van der Waals surface area contributed by atoms with Gasteiger partial charge in [-0.25, -0.2) is 13.2 Å². The second kappa shape index (κ2) is 4.79. The molecule has 15 heavy (non-hydrogen) atoms. The number of benzene rings is 1. The van der Waals surface area contributed by atoms with Crippen molar-refractivity contribution in [2.45, 2.75) is 0 Å². The van der Waals surface area contributed by atoms with E-state index in [1.807, 2.05) is 0 Å². The minimum Gasteiger partial charge on any atom is -0.351 e. The number of carbonyl (C=O) groups excluding carboxylic acids is 1. The van der Waals surface area contributed by atoms with Gasteiger partial charge in [0.15, 0.2) is 0 Å². The lowest BCUT2D eigenvalue weighted by molar-refractivity contribution is 0.0946. The molecule has 0 radical (unpaired) electrons. The molecular weight excluding hydrogens is 209 g/mol. The van der Waals surface area contributed by atoms with Crippen LogP contribution in [0.1, 0.15) is 10.4 Å². The Morgan fingerprint density at radius 3 is 2.27 bits per heavy atom. The van der Waals surface area contributed by atoms with Gasteiger partial charge in [-0.2, -0.15) is 0 Å².